The van der Waals surface area contributed by atoms with Crippen molar-refractivity contribution >= 4 is 34.3 Å². The molecule has 0 saturated carbocycles. The Morgan fingerprint density at radius 2 is 2.15 bits per heavy atom. The van der Waals surface area contributed by atoms with Crippen molar-refractivity contribution in [1.82, 2.24) is 9.97 Å². The number of hydrogen-bond acceptors (Lipinski definition) is 6. The fourth-order valence-corrected chi connectivity index (χ4v) is 3.02. The Morgan fingerprint density at radius 1 is 1.35 bits per heavy atom. The smallest absolute Gasteiger partial charge is 0.223 e. The number of nitrogens with zero attached hydrogens (tertiary/aromatic N) is 2. The van der Waals surface area contributed by atoms with Gasteiger partial charge in [0.1, 0.15) is 28.1 Å². The summed E-state index contributed by atoms with van der Waals surface area (Å²) in [5.41, 5.74) is 6.72. The van der Waals surface area contributed by atoms with Crippen LogP contribution in [0.5, 0.6) is 0 Å². The van der Waals surface area contributed by atoms with E-state index in [9.17, 15) is 9.50 Å². The van der Waals surface area contributed by atoms with E-state index in [0.717, 1.165) is 12.8 Å². The SMILES string of the molecule is CCC(CO)CCNc1nc(N)nc(Cl)c1-c1cc2cc(F)ccc2o1. The van der Waals surface area contributed by atoms with Crippen molar-refractivity contribution in [3.8, 4) is 11.3 Å². The van der Waals surface area contributed by atoms with Gasteiger partial charge in [0.25, 0.3) is 0 Å². The summed E-state index contributed by atoms with van der Waals surface area (Å²) in [4.78, 5) is 8.21. The molecule has 0 saturated heterocycles. The molecule has 1 unspecified atom stereocenters. The summed E-state index contributed by atoms with van der Waals surface area (Å²) in [6, 6.07) is 5.96. The van der Waals surface area contributed by atoms with Crippen molar-refractivity contribution in [3.05, 3.63) is 35.2 Å². The molecule has 0 aliphatic heterocycles. The molecule has 26 heavy (non-hydrogen) atoms. The van der Waals surface area contributed by atoms with Gasteiger partial charge in [-0.1, -0.05) is 24.9 Å². The molecule has 6 nitrogen and oxygen atoms in total. The average Bonchev–Trinajstić information content (AvgIpc) is 3.00. The maximum atomic E-state index is 13.4. The maximum absolute atomic E-state index is 13.4. The zero-order valence-corrected chi connectivity index (χ0v) is 15.1. The van der Waals surface area contributed by atoms with Crippen LogP contribution in [0.1, 0.15) is 19.8 Å². The van der Waals surface area contributed by atoms with Gasteiger partial charge in [-0.05, 0) is 36.6 Å². The molecular formula is C18H20ClFN4O2. The van der Waals surface area contributed by atoms with E-state index >= 15 is 0 Å². The van der Waals surface area contributed by atoms with E-state index in [2.05, 4.69) is 15.3 Å². The van der Waals surface area contributed by atoms with Gasteiger partial charge in [0.15, 0.2) is 0 Å². The Labute approximate surface area is 155 Å². The summed E-state index contributed by atoms with van der Waals surface area (Å²) >= 11 is 6.28. The summed E-state index contributed by atoms with van der Waals surface area (Å²) in [5.74, 6) is 0.756. The molecule has 3 aromatic rings. The van der Waals surface area contributed by atoms with E-state index < -0.39 is 0 Å². The molecule has 0 spiro atoms. The minimum absolute atomic E-state index is 0.0394. The molecule has 4 N–H and O–H groups in total. The minimum Gasteiger partial charge on any atom is -0.456 e. The topological polar surface area (TPSA) is 97.2 Å². The molecule has 1 aromatic carbocycles. The quantitative estimate of drug-likeness (QED) is 0.536. The number of nitrogens with two attached hydrogens (primary N) is 1. The number of aliphatic hydroxyl groups excluding tert-OH is 1. The number of fused-ring (bicyclic) bond motifs is 1. The van der Waals surface area contributed by atoms with E-state index in [1.807, 2.05) is 6.92 Å². The van der Waals surface area contributed by atoms with Crippen molar-refractivity contribution in [3.63, 3.8) is 0 Å². The van der Waals surface area contributed by atoms with Crippen LogP contribution in [-0.4, -0.2) is 28.2 Å². The van der Waals surface area contributed by atoms with Crippen LogP contribution in [0.15, 0.2) is 28.7 Å². The second-order valence-corrected chi connectivity index (χ2v) is 6.42. The minimum atomic E-state index is -0.350. The van der Waals surface area contributed by atoms with Gasteiger partial charge < -0.3 is 20.6 Å². The van der Waals surface area contributed by atoms with Gasteiger partial charge in [0, 0.05) is 18.5 Å². The summed E-state index contributed by atoms with van der Waals surface area (Å²) in [6.45, 7) is 2.74. The molecule has 0 aliphatic rings. The second-order valence-electron chi connectivity index (χ2n) is 6.06. The van der Waals surface area contributed by atoms with Crippen LogP contribution in [0, 0.1) is 11.7 Å². The number of aromatic nitrogens is 2. The zero-order valence-electron chi connectivity index (χ0n) is 14.3. The number of hydrogen-bond donors (Lipinski definition) is 3. The molecule has 0 aliphatic carbocycles. The summed E-state index contributed by atoms with van der Waals surface area (Å²) in [7, 11) is 0. The van der Waals surface area contributed by atoms with Crippen LogP contribution in [0.25, 0.3) is 22.3 Å². The Hall–Kier alpha value is -2.38. The number of nitrogen functional groups attached to an aromatic ring is 1. The van der Waals surface area contributed by atoms with Crippen LogP contribution in [0.2, 0.25) is 5.15 Å². The molecule has 2 aromatic heterocycles. The van der Waals surface area contributed by atoms with E-state index in [1.54, 1.807) is 12.1 Å². The fourth-order valence-electron chi connectivity index (χ4n) is 2.75. The Bertz CT molecular complexity index is 912. The molecule has 8 heteroatoms. The molecule has 0 radical (unpaired) electrons. The molecule has 2 heterocycles. The first kappa shape index (κ1) is 18.4. The largest absolute Gasteiger partial charge is 0.456 e. The van der Waals surface area contributed by atoms with Crippen molar-refractivity contribution in [2.24, 2.45) is 5.92 Å². The number of aliphatic hydroxyl groups is 1. The lowest BCUT2D eigenvalue weighted by atomic mass is 10.0. The van der Waals surface area contributed by atoms with Crippen LogP contribution < -0.4 is 11.1 Å². The number of nitrogens with one attached hydrogen (secondary N) is 1. The number of furan rings is 1. The molecule has 0 amide bonds. The molecule has 3 rings (SSSR count). The number of halogens is 2. The fraction of sp³-hybridized carbons (Fsp3) is 0.333. The normalized spacial score (nSPS) is 12.5. The lowest BCUT2D eigenvalue weighted by Gasteiger charge is -2.14. The Morgan fingerprint density at radius 3 is 2.88 bits per heavy atom. The van der Waals surface area contributed by atoms with E-state index in [4.69, 9.17) is 21.8 Å². The first-order valence-corrected chi connectivity index (χ1v) is 8.76. The molecular weight excluding hydrogens is 359 g/mol. The third kappa shape index (κ3) is 3.89. The number of benzene rings is 1. The van der Waals surface area contributed by atoms with E-state index in [1.165, 1.54) is 12.1 Å². The maximum Gasteiger partial charge on any atom is 0.223 e. The highest BCUT2D eigenvalue weighted by molar-refractivity contribution is 6.32. The van der Waals surface area contributed by atoms with Crippen molar-refractivity contribution in [2.75, 3.05) is 24.2 Å². The van der Waals surface area contributed by atoms with Crippen LogP contribution >= 0.6 is 11.6 Å². The van der Waals surface area contributed by atoms with Gasteiger partial charge >= 0.3 is 0 Å². The van der Waals surface area contributed by atoms with Gasteiger partial charge in [0.2, 0.25) is 5.95 Å². The van der Waals surface area contributed by atoms with Crippen LogP contribution in [0.4, 0.5) is 16.2 Å². The predicted octanol–water partition coefficient (Wildman–Crippen LogP) is 4.09. The van der Waals surface area contributed by atoms with Crippen molar-refractivity contribution < 1.29 is 13.9 Å². The molecule has 0 fully saturated rings. The summed E-state index contributed by atoms with van der Waals surface area (Å²) in [5, 5.41) is 13.3. The second kappa shape index (κ2) is 7.88. The van der Waals surface area contributed by atoms with Gasteiger partial charge in [-0.3, -0.25) is 0 Å². The monoisotopic (exact) mass is 378 g/mol. The third-order valence-electron chi connectivity index (χ3n) is 4.29. The lowest BCUT2D eigenvalue weighted by Crippen LogP contribution is -2.13. The standard InChI is InChI=1S/C18H20ClFN4O2/c1-2-10(9-25)5-6-22-17-15(16(19)23-18(21)24-17)14-8-11-7-12(20)3-4-13(11)26-14/h3-4,7-8,10,25H,2,5-6,9H2,1H3,(H3,21,22,23,24). The highest BCUT2D eigenvalue weighted by atomic mass is 35.5. The van der Waals surface area contributed by atoms with Gasteiger partial charge in [-0.25, -0.2) is 9.37 Å². The van der Waals surface area contributed by atoms with Gasteiger partial charge in [-0.15, -0.1) is 0 Å². The first-order valence-electron chi connectivity index (χ1n) is 8.39. The zero-order chi connectivity index (χ0) is 18.7. The van der Waals surface area contributed by atoms with Gasteiger partial charge in [-0.2, -0.15) is 4.98 Å². The molecule has 0 bridgehead atoms. The molecule has 1 atom stereocenters. The van der Waals surface area contributed by atoms with Gasteiger partial charge in [0.05, 0.1) is 5.56 Å². The first-order chi connectivity index (χ1) is 12.5. The summed E-state index contributed by atoms with van der Waals surface area (Å²) in [6.07, 6.45) is 1.64. The van der Waals surface area contributed by atoms with Crippen LogP contribution in [0.3, 0.4) is 0 Å². The Kier molecular flexibility index (Phi) is 5.58. The van der Waals surface area contributed by atoms with Crippen molar-refractivity contribution in [1.29, 1.82) is 0 Å². The lowest BCUT2D eigenvalue weighted by molar-refractivity contribution is 0.217. The Balaban J connectivity index is 1.94. The van der Waals surface area contributed by atoms with E-state index in [-0.39, 0.29) is 29.4 Å². The number of anilines is 2. The molecule has 138 valence electrons. The number of rotatable bonds is 7. The van der Waals surface area contributed by atoms with Crippen LogP contribution in [-0.2, 0) is 0 Å². The summed E-state index contributed by atoms with van der Waals surface area (Å²) < 4.78 is 19.2. The predicted molar refractivity (Wildman–Crippen MR) is 101 cm³/mol. The third-order valence-corrected chi connectivity index (χ3v) is 4.56. The van der Waals surface area contributed by atoms with Crippen molar-refractivity contribution in [2.45, 2.75) is 19.8 Å². The highest BCUT2D eigenvalue weighted by Gasteiger charge is 2.19. The highest BCUT2D eigenvalue weighted by Crippen LogP contribution is 2.36. The van der Waals surface area contributed by atoms with E-state index in [0.29, 0.717) is 34.7 Å². The average molecular weight is 379 g/mol.